The van der Waals surface area contributed by atoms with E-state index in [9.17, 15) is 0 Å². The zero-order valence-corrected chi connectivity index (χ0v) is 13.6. The summed E-state index contributed by atoms with van der Waals surface area (Å²) in [5.74, 6) is 0. The van der Waals surface area contributed by atoms with Gasteiger partial charge in [-0.25, -0.2) is 5.21 Å². The molecule has 0 saturated carbocycles. The van der Waals surface area contributed by atoms with Crippen molar-refractivity contribution >= 4 is 22.7 Å². The van der Waals surface area contributed by atoms with Crippen molar-refractivity contribution in [3.05, 3.63) is 48.0 Å². The maximum atomic E-state index is 9.12. The minimum atomic E-state index is 0.0295. The van der Waals surface area contributed by atoms with E-state index < -0.39 is 0 Å². The molecule has 0 saturated heterocycles. The average molecular weight is 331 g/mol. The Labute approximate surface area is 140 Å². The first kappa shape index (κ1) is 18.0. The summed E-state index contributed by atoms with van der Waals surface area (Å²) in [5.41, 5.74) is 5.09. The molecule has 0 spiro atoms. The number of aliphatic hydroxyl groups excluding tert-OH is 2. The van der Waals surface area contributed by atoms with Crippen molar-refractivity contribution in [2.24, 2.45) is 10.2 Å². The minimum Gasteiger partial charge on any atom is -0.395 e. The van der Waals surface area contributed by atoms with Crippen LogP contribution in [0.2, 0.25) is 0 Å². The van der Waals surface area contributed by atoms with E-state index >= 15 is 0 Å². The fourth-order valence-corrected chi connectivity index (χ4v) is 2.30. The largest absolute Gasteiger partial charge is 0.395 e. The molecule has 2 aromatic carbocycles. The van der Waals surface area contributed by atoms with Crippen molar-refractivity contribution in [1.29, 1.82) is 0 Å². The van der Waals surface area contributed by atoms with Gasteiger partial charge in [0.15, 0.2) is 5.69 Å². The second-order valence-corrected chi connectivity index (χ2v) is 5.33. The molecule has 0 aliphatic heterocycles. The highest BCUT2D eigenvalue weighted by Gasteiger charge is 2.07. The molecule has 0 heterocycles. The molecule has 0 aliphatic rings. The Balaban J connectivity index is 2.14. The summed E-state index contributed by atoms with van der Waals surface area (Å²) < 4.78 is 0. The van der Waals surface area contributed by atoms with Crippen molar-refractivity contribution in [2.45, 2.75) is 6.92 Å². The van der Waals surface area contributed by atoms with E-state index in [0.717, 1.165) is 22.4 Å². The summed E-state index contributed by atoms with van der Waals surface area (Å²) in [6.45, 7) is 2.94. The van der Waals surface area contributed by atoms with Gasteiger partial charge in [-0.05, 0) is 42.8 Å². The van der Waals surface area contributed by atoms with Gasteiger partial charge in [0.25, 0.3) is 0 Å². The number of quaternary nitrogens is 1. The predicted molar refractivity (Wildman–Crippen MR) is 91.6 cm³/mol. The monoisotopic (exact) mass is 331 g/mol. The molecule has 5 N–H and O–H groups in total. The third-order valence-corrected chi connectivity index (χ3v) is 3.60. The van der Waals surface area contributed by atoms with Crippen molar-refractivity contribution in [2.75, 3.05) is 31.2 Å². The number of nitrogens with zero attached hydrogens (tertiary/aromatic N) is 3. The van der Waals surface area contributed by atoms with Gasteiger partial charge in [-0.3, -0.25) is 0 Å². The lowest BCUT2D eigenvalue weighted by Gasteiger charge is -2.23. The number of benzene rings is 2. The number of hydrogen-bond acceptors (Lipinski definition) is 6. The molecule has 0 radical (unpaired) electrons. The fourth-order valence-electron chi connectivity index (χ4n) is 2.30. The molecule has 2 aromatic rings. The molecule has 0 unspecified atom stereocenters. The van der Waals surface area contributed by atoms with E-state index in [1.54, 1.807) is 24.3 Å². The van der Waals surface area contributed by atoms with Crippen LogP contribution in [0.1, 0.15) is 5.56 Å². The Morgan fingerprint density at radius 1 is 0.958 bits per heavy atom. The highest BCUT2D eigenvalue weighted by Crippen LogP contribution is 2.26. The zero-order chi connectivity index (χ0) is 17.4. The van der Waals surface area contributed by atoms with Crippen LogP contribution in [0.25, 0.3) is 0 Å². The lowest BCUT2D eigenvalue weighted by molar-refractivity contribution is -0.825. The Kier molecular flexibility index (Phi) is 6.83. The molecular weight excluding hydrogens is 308 g/mol. The average Bonchev–Trinajstić information content (AvgIpc) is 2.61. The lowest BCUT2D eigenvalue weighted by Crippen LogP contribution is -2.73. The van der Waals surface area contributed by atoms with Crippen LogP contribution in [0.4, 0.5) is 22.7 Å². The van der Waals surface area contributed by atoms with E-state index in [1.165, 1.54) is 0 Å². The number of anilines is 1. The van der Waals surface area contributed by atoms with Gasteiger partial charge in [-0.15, -0.1) is 0 Å². The molecule has 0 fully saturated rings. The quantitative estimate of drug-likeness (QED) is 0.336. The standard InChI is InChI=1S/C17H22N4O3/c1-13-12-16(21(8-10-22)9-11-23)6-7-17(13)19-18-14-2-4-15(20-24)5-3-14/h2-7,12,20,22-24H,8-11H2,1H3/p+1. The van der Waals surface area contributed by atoms with Gasteiger partial charge in [0, 0.05) is 30.9 Å². The second kappa shape index (κ2) is 9.09. The van der Waals surface area contributed by atoms with Gasteiger partial charge in [0.2, 0.25) is 0 Å². The van der Waals surface area contributed by atoms with E-state index in [0.29, 0.717) is 24.5 Å². The van der Waals surface area contributed by atoms with Gasteiger partial charge >= 0.3 is 0 Å². The SMILES string of the molecule is Cc1cc(N(CCO)CCO)ccc1N=Nc1ccc([NH2+]O)cc1. The number of nitrogens with two attached hydrogens (primary N) is 1. The molecule has 0 atom stereocenters. The second-order valence-electron chi connectivity index (χ2n) is 5.33. The topological polar surface area (TPSA) is 105 Å². The van der Waals surface area contributed by atoms with Crippen LogP contribution in [-0.2, 0) is 0 Å². The maximum absolute atomic E-state index is 9.12. The molecule has 7 nitrogen and oxygen atoms in total. The van der Waals surface area contributed by atoms with Crippen LogP contribution < -0.4 is 10.4 Å². The lowest BCUT2D eigenvalue weighted by atomic mass is 10.1. The fraction of sp³-hybridized carbons (Fsp3) is 0.294. The first-order chi connectivity index (χ1) is 11.7. The molecule has 0 aliphatic carbocycles. The minimum absolute atomic E-state index is 0.0295. The van der Waals surface area contributed by atoms with Crippen LogP contribution in [-0.4, -0.2) is 41.7 Å². The van der Waals surface area contributed by atoms with Gasteiger partial charge < -0.3 is 15.1 Å². The number of rotatable bonds is 8. The van der Waals surface area contributed by atoms with Crippen LogP contribution in [0, 0.1) is 6.92 Å². The predicted octanol–water partition coefficient (Wildman–Crippen LogP) is 1.79. The van der Waals surface area contributed by atoms with Gasteiger partial charge in [0.05, 0.1) is 24.6 Å². The summed E-state index contributed by atoms with van der Waals surface area (Å²) in [6, 6.07) is 12.8. The van der Waals surface area contributed by atoms with Gasteiger partial charge in [0.1, 0.15) is 0 Å². The Bertz CT molecular complexity index is 668. The summed E-state index contributed by atoms with van der Waals surface area (Å²) >= 11 is 0. The first-order valence-electron chi connectivity index (χ1n) is 7.74. The van der Waals surface area contributed by atoms with Gasteiger partial charge in [-0.1, -0.05) is 0 Å². The van der Waals surface area contributed by atoms with Crippen LogP contribution >= 0.6 is 0 Å². The first-order valence-corrected chi connectivity index (χ1v) is 7.74. The third kappa shape index (κ3) is 4.84. The van der Waals surface area contributed by atoms with Crippen molar-refractivity contribution < 1.29 is 20.9 Å². The van der Waals surface area contributed by atoms with Crippen LogP contribution in [0.5, 0.6) is 0 Å². The zero-order valence-electron chi connectivity index (χ0n) is 13.6. The summed E-state index contributed by atoms with van der Waals surface area (Å²) in [4.78, 5) is 1.91. The highest BCUT2D eigenvalue weighted by atomic mass is 16.5. The summed E-state index contributed by atoms with van der Waals surface area (Å²) in [7, 11) is 0. The van der Waals surface area contributed by atoms with Crippen molar-refractivity contribution in [3.8, 4) is 0 Å². The van der Waals surface area contributed by atoms with E-state index in [2.05, 4.69) is 10.2 Å². The Hall–Kier alpha value is -2.32. The van der Waals surface area contributed by atoms with E-state index in [4.69, 9.17) is 15.4 Å². The van der Waals surface area contributed by atoms with Gasteiger partial charge in [-0.2, -0.15) is 15.7 Å². The summed E-state index contributed by atoms with van der Waals surface area (Å²) in [5, 5.41) is 35.6. The van der Waals surface area contributed by atoms with Crippen molar-refractivity contribution in [3.63, 3.8) is 0 Å². The van der Waals surface area contributed by atoms with Crippen LogP contribution in [0.3, 0.4) is 0 Å². The Morgan fingerprint density at radius 3 is 2.17 bits per heavy atom. The van der Waals surface area contributed by atoms with E-state index in [-0.39, 0.29) is 13.2 Å². The number of aryl methyl sites for hydroxylation is 1. The Morgan fingerprint density at radius 2 is 1.62 bits per heavy atom. The molecule has 2 rings (SSSR count). The smallest absolute Gasteiger partial charge is 0.161 e. The molecule has 24 heavy (non-hydrogen) atoms. The number of hydrogen-bond donors (Lipinski definition) is 4. The number of aliphatic hydroxyl groups is 2. The molecule has 0 aromatic heterocycles. The van der Waals surface area contributed by atoms with Crippen LogP contribution in [0.15, 0.2) is 52.7 Å². The maximum Gasteiger partial charge on any atom is 0.161 e. The molecule has 0 bridgehead atoms. The third-order valence-electron chi connectivity index (χ3n) is 3.60. The number of azo groups is 1. The summed E-state index contributed by atoms with van der Waals surface area (Å²) in [6.07, 6.45) is 0. The molecule has 0 amide bonds. The van der Waals surface area contributed by atoms with E-state index in [1.807, 2.05) is 30.0 Å². The molecule has 7 heteroatoms. The normalized spacial score (nSPS) is 11.2. The highest BCUT2D eigenvalue weighted by molar-refractivity contribution is 5.58. The molecular formula is C17H23N4O3+. The molecule has 128 valence electrons. The van der Waals surface area contributed by atoms with Crippen molar-refractivity contribution in [1.82, 2.24) is 0 Å².